The first-order chi connectivity index (χ1) is 7.93. The van der Waals surface area contributed by atoms with Crippen molar-refractivity contribution in [1.82, 2.24) is 6.15 Å². The van der Waals surface area contributed by atoms with Crippen molar-refractivity contribution in [3.63, 3.8) is 0 Å². The number of carbonyl (C=O) groups is 6. The van der Waals surface area contributed by atoms with Crippen LogP contribution in [-0.2, 0) is 51.1 Å². The number of carbonyl (C=O) groups excluding carboxylic acids is 1. The van der Waals surface area contributed by atoms with Gasteiger partial charge in [-0.15, -0.1) is 0 Å². The molecule has 20 heavy (non-hydrogen) atoms. The van der Waals surface area contributed by atoms with Gasteiger partial charge in [-0.1, -0.05) is 0 Å². The molecule has 0 saturated carbocycles. The Balaban J connectivity index is -0.0000000536. The fourth-order valence-electron chi connectivity index (χ4n) is 0. The Morgan fingerprint density at radius 1 is 0.550 bits per heavy atom. The molecule has 0 aromatic carbocycles. The topological polar surface area (TPSA) is 263 Å². The van der Waals surface area contributed by atoms with Gasteiger partial charge in [0.2, 0.25) is 0 Å². The van der Waals surface area contributed by atoms with Crippen LogP contribution in [0.2, 0.25) is 0 Å². The molecule has 14 heteroatoms. The van der Waals surface area contributed by atoms with Crippen LogP contribution >= 0.6 is 0 Å². The van der Waals surface area contributed by atoms with Gasteiger partial charge in [-0.2, -0.15) is 0 Å². The van der Waals surface area contributed by atoms with Crippen molar-refractivity contribution in [2.24, 2.45) is 0 Å². The van der Waals surface area contributed by atoms with Crippen LogP contribution in [0.3, 0.4) is 0 Å². The Morgan fingerprint density at radius 2 is 0.650 bits per heavy atom. The van der Waals surface area contributed by atoms with E-state index in [1.54, 1.807) is 0 Å². The van der Waals surface area contributed by atoms with Crippen LogP contribution in [0.4, 0.5) is 0 Å². The van der Waals surface area contributed by atoms with Gasteiger partial charge in [0.15, 0.2) is 5.97 Å². The normalized spacial score (nSPS) is 6.60. The average molecular weight is 380 g/mol. The number of quaternary nitrogens is 1. The molecular weight excluding hydrogens is 371 g/mol. The van der Waals surface area contributed by atoms with Crippen molar-refractivity contribution in [2.75, 3.05) is 0 Å². The van der Waals surface area contributed by atoms with E-state index in [0.29, 0.717) is 0 Å². The quantitative estimate of drug-likeness (QED) is 0.177. The van der Waals surface area contributed by atoms with E-state index in [0.717, 1.165) is 0 Å². The summed E-state index contributed by atoms with van der Waals surface area (Å²) in [6.07, 6.45) is 0. The van der Waals surface area contributed by atoms with E-state index in [9.17, 15) is 0 Å². The zero-order valence-electron chi connectivity index (χ0n) is 9.54. The van der Waals surface area contributed by atoms with Gasteiger partial charge in [0.1, 0.15) is 0 Å². The molecule has 0 aliphatic rings. The van der Waals surface area contributed by atoms with E-state index >= 15 is 0 Å². The fraction of sp³-hybridized carbons (Fsp3) is 0. The minimum absolute atomic E-state index is 0. The largest absolute Gasteiger partial charge is 0.539 e. The monoisotopic (exact) mass is 380 g/mol. The van der Waals surface area contributed by atoms with Gasteiger partial charge >= 0.3 is 29.8 Å². The smallest absolute Gasteiger partial charge is 0.414 e. The van der Waals surface area contributed by atoms with Crippen LogP contribution in [0.15, 0.2) is 0 Å². The molecule has 13 nitrogen and oxygen atoms in total. The predicted molar refractivity (Wildman–Crippen MR) is 49.2 cm³/mol. The molecule has 0 aromatic heterocycles. The van der Waals surface area contributed by atoms with Gasteiger partial charge in [0.25, 0.3) is 0 Å². The van der Waals surface area contributed by atoms with E-state index < -0.39 is 35.8 Å². The van der Waals surface area contributed by atoms with Gasteiger partial charge in [-0.25, -0.2) is 24.0 Å². The van der Waals surface area contributed by atoms with Crippen LogP contribution in [-0.4, -0.2) is 61.3 Å². The molecule has 0 bridgehead atoms. The van der Waals surface area contributed by atoms with E-state index in [2.05, 4.69) is 0 Å². The number of rotatable bonds is 0. The maximum Gasteiger partial charge on any atom is 0.414 e. The first-order valence-electron chi connectivity index (χ1n) is 3.30. The maximum absolute atomic E-state index is 9.10. The SMILES string of the molecule is O=C(O)C(=O)O.O=C(O)C(=O)O.O=C([O-])C(=O)O.[NH4+].[Nb]. The molecule has 0 atom stereocenters. The molecule has 9 N–H and O–H groups in total. The Kier molecular flexibility index (Phi) is 25.2. The average Bonchev–Trinajstić information content (AvgIpc) is 2.18. The summed E-state index contributed by atoms with van der Waals surface area (Å²) < 4.78 is 0. The minimum atomic E-state index is -2.07. The summed E-state index contributed by atoms with van der Waals surface area (Å²) in [5.41, 5.74) is 0. The molecule has 0 heterocycles. The summed E-state index contributed by atoms with van der Waals surface area (Å²) >= 11 is 0. The summed E-state index contributed by atoms with van der Waals surface area (Å²) in [5, 5.41) is 45.9. The summed E-state index contributed by atoms with van der Waals surface area (Å²) in [5.74, 6) is -11.3. The molecule has 0 aromatic rings. The van der Waals surface area contributed by atoms with E-state index in [-0.39, 0.29) is 28.5 Å². The van der Waals surface area contributed by atoms with Crippen molar-refractivity contribution in [3.05, 3.63) is 0 Å². The Morgan fingerprint density at radius 3 is 0.650 bits per heavy atom. The van der Waals surface area contributed by atoms with Crippen molar-refractivity contribution >= 4 is 35.8 Å². The van der Waals surface area contributed by atoms with Gasteiger partial charge in [-0.3, -0.25) is 0 Å². The van der Waals surface area contributed by atoms with Crippen molar-refractivity contribution in [3.8, 4) is 0 Å². The minimum Gasteiger partial charge on any atom is -0.539 e. The molecule has 0 fully saturated rings. The number of carboxylic acid groups (broad SMARTS) is 6. The predicted octanol–water partition coefficient (Wildman–Crippen LogP) is -3.49. The molecule has 0 spiro atoms. The summed E-state index contributed by atoms with van der Waals surface area (Å²) in [6, 6.07) is 0. The molecule has 1 radical (unpaired) electrons. The van der Waals surface area contributed by atoms with Crippen LogP contribution in [0, 0.1) is 0 Å². The molecule has 0 aliphatic heterocycles. The van der Waals surface area contributed by atoms with Gasteiger partial charge in [0, 0.05) is 22.4 Å². The fourth-order valence-corrected chi connectivity index (χ4v) is 0. The summed E-state index contributed by atoms with van der Waals surface area (Å²) in [4.78, 5) is 54.4. The molecule has 0 rings (SSSR count). The first-order valence-corrected chi connectivity index (χ1v) is 3.30. The van der Waals surface area contributed by atoms with Crippen molar-refractivity contribution < 1.29 is 81.8 Å². The molecule has 115 valence electrons. The van der Waals surface area contributed by atoms with Crippen molar-refractivity contribution in [1.29, 1.82) is 0 Å². The molecule has 0 amide bonds. The maximum atomic E-state index is 9.10. The third-order valence-corrected chi connectivity index (χ3v) is 0.541. The van der Waals surface area contributed by atoms with E-state index in [1.807, 2.05) is 0 Å². The molecule has 0 aliphatic carbocycles. The zero-order chi connectivity index (χ0) is 15.5. The molecular formula is C6H9NNbO12. The number of aliphatic carboxylic acids is 6. The van der Waals surface area contributed by atoms with E-state index in [4.69, 9.17) is 59.4 Å². The van der Waals surface area contributed by atoms with Gasteiger partial charge < -0.3 is 41.6 Å². The van der Waals surface area contributed by atoms with Crippen LogP contribution in [0.25, 0.3) is 0 Å². The van der Waals surface area contributed by atoms with Gasteiger partial charge in [-0.05, 0) is 0 Å². The Labute approximate surface area is 124 Å². The van der Waals surface area contributed by atoms with Crippen LogP contribution < -0.4 is 11.3 Å². The molecule has 0 saturated heterocycles. The first kappa shape index (κ1) is 30.5. The third kappa shape index (κ3) is 36.1. The Bertz CT molecular complexity index is 283. The molecule has 0 unspecified atom stereocenters. The van der Waals surface area contributed by atoms with Crippen LogP contribution in [0.1, 0.15) is 0 Å². The third-order valence-electron chi connectivity index (χ3n) is 0.541. The van der Waals surface area contributed by atoms with E-state index in [1.165, 1.54) is 0 Å². The summed E-state index contributed by atoms with van der Waals surface area (Å²) in [7, 11) is 0. The second-order valence-corrected chi connectivity index (χ2v) is 1.81. The van der Waals surface area contributed by atoms with Crippen LogP contribution in [0.5, 0.6) is 0 Å². The zero-order valence-corrected chi connectivity index (χ0v) is 11.7. The standard InChI is InChI=1S/3C2H2O4.H3N.Nb/c3*3-1(4)2(5)6;;/h3*(H,3,4)(H,5,6);1H3;. The Hall–Kier alpha value is -2.48. The van der Waals surface area contributed by atoms with Gasteiger partial charge in [0.05, 0.1) is 0 Å². The second kappa shape index (κ2) is 16.5. The number of hydrogen-bond donors (Lipinski definition) is 6. The number of carboxylic acids is 6. The second-order valence-electron chi connectivity index (χ2n) is 1.81. The number of hydrogen-bond acceptors (Lipinski definition) is 7. The summed E-state index contributed by atoms with van der Waals surface area (Å²) in [6.45, 7) is 0. The van der Waals surface area contributed by atoms with Crippen molar-refractivity contribution in [2.45, 2.75) is 0 Å².